The number of unbranched alkanes of at least 4 members (excludes halogenated alkanes) is 1. The molecule has 0 heterocycles. The maximum atomic E-state index is 11.7. The Balaban J connectivity index is 3.99. The van der Waals surface area contributed by atoms with Gasteiger partial charge in [-0.3, -0.25) is 9.69 Å². The zero-order valence-corrected chi connectivity index (χ0v) is 11.9. The highest BCUT2D eigenvalue weighted by molar-refractivity contribution is 5.77. The average Bonchev–Trinajstić information content (AvgIpc) is 2.28. The summed E-state index contributed by atoms with van der Waals surface area (Å²) in [5.41, 5.74) is 5.78. The fourth-order valence-electron chi connectivity index (χ4n) is 1.61. The minimum Gasteiger partial charge on any atom is -0.355 e. The number of amides is 1. The van der Waals surface area contributed by atoms with Crippen LogP contribution in [-0.2, 0) is 4.79 Å². The molecule has 3 N–H and O–H groups in total. The Bertz CT molecular complexity index is 217. The first kappa shape index (κ1) is 16.4. The van der Waals surface area contributed by atoms with Crippen LogP contribution >= 0.6 is 0 Å². The topological polar surface area (TPSA) is 58.4 Å². The summed E-state index contributed by atoms with van der Waals surface area (Å²) < 4.78 is 0. The molecule has 0 aromatic heterocycles. The van der Waals surface area contributed by atoms with Crippen LogP contribution in [0, 0.1) is 5.41 Å². The van der Waals surface area contributed by atoms with E-state index in [1.807, 2.05) is 0 Å². The van der Waals surface area contributed by atoms with Crippen molar-refractivity contribution in [1.82, 2.24) is 10.2 Å². The van der Waals surface area contributed by atoms with E-state index in [0.717, 1.165) is 32.5 Å². The minimum atomic E-state index is 0.0692. The Hall–Kier alpha value is -0.610. The van der Waals surface area contributed by atoms with E-state index in [1.54, 1.807) is 0 Å². The summed E-state index contributed by atoms with van der Waals surface area (Å²) in [4.78, 5) is 13.8. The van der Waals surface area contributed by atoms with Crippen molar-refractivity contribution in [2.45, 2.75) is 40.5 Å². The summed E-state index contributed by atoms with van der Waals surface area (Å²) in [5.74, 6) is 0.119. The van der Waals surface area contributed by atoms with Gasteiger partial charge < -0.3 is 11.1 Å². The van der Waals surface area contributed by atoms with Crippen molar-refractivity contribution >= 4 is 5.91 Å². The van der Waals surface area contributed by atoms with Gasteiger partial charge in [0.2, 0.25) is 5.91 Å². The number of likely N-dealkylation sites (N-methyl/N-ethyl adjacent to an activating group) is 1. The Labute approximate surface area is 106 Å². The number of hydrogen-bond acceptors (Lipinski definition) is 3. The predicted molar refractivity (Wildman–Crippen MR) is 72.9 cm³/mol. The Morgan fingerprint density at radius 3 is 2.47 bits per heavy atom. The van der Waals surface area contributed by atoms with Crippen molar-refractivity contribution in [2.24, 2.45) is 11.1 Å². The minimum absolute atomic E-state index is 0.0692. The first-order valence-electron chi connectivity index (χ1n) is 6.64. The van der Waals surface area contributed by atoms with Crippen molar-refractivity contribution in [1.29, 1.82) is 0 Å². The number of nitrogens with two attached hydrogens (primary N) is 1. The van der Waals surface area contributed by atoms with E-state index in [-0.39, 0.29) is 11.3 Å². The van der Waals surface area contributed by atoms with Gasteiger partial charge in [-0.15, -0.1) is 0 Å². The molecule has 0 rings (SSSR count). The SMILES string of the molecule is CCCCNC(=O)CN(CC)CC(C)(C)CN. The van der Waals surface area contributed by atoms with E-state index >= 15 is 0 Å². The molecule has 0 aliphatic rings. The molecule has 0 atom stereocenters. The smallest absolute Gasteiger partial charge is 0.234 e. The molecule has 0 aromatic rings. The average molecular weight is 243 g/mol. The molecule has 4 heteroatoms. The lowest BCUT2D eigenvalue weighted by molar-refractivity contribution is -0.122. The second-order valence-electron chi connectivity index (χ2n) is 5.38. The van der Waals surface area contributed by atoms with Gasteiger partial charge in [0.25, 0.3) is 0 Å². The lowest BCUT2D eigenvalue weighted by Gasteiger charge is -2.30. The molecule has 0 saturated heterocycles. The lowest BCUT2D eigenvalue weighted by atomic mass is 9.93. The number of carbonyl (C=O) groups excluding carboxylic acids is 1. The van der Waals surface area contributed by atoms with E-state index in [1.165, 1.54) is 0 Å². The van der Waals surface area contributed by atoms with E-state index in [9.17, 15) is 4.79 Å². The summed E-state index contributed by atoms with van der Waals surface area (Å²) in [6.45, 7) is 12.1. The van der Waals surface area contributed by atoms with Crippen LogP contribution in [0.15, 0.2) is 0 Å². The van der Waals surface area contributed by atoms with Crippen LogP contribution in [0.25, 0.3) is 0 Å². The van der Waals surface area contributed by atoms with Gasteiger partial charge in [0, 0.05) is 13.1 Å². The van der Waals surface area contributed by atoms with E-state index in [2.05, 4.69) is 37.9 Å². The molecule has 0 saturated carbocycles. The van der Waals surface area contributed by atoms with Gasteiger partial charge in [-0.1, -0.05) is 34.1 Å². The van der Waals surface area contributed by atoms with Gasteiger partial charge in [0.15, 0.2) is 0 Å². The Morgan fingerprint density at radius 1 is 1.35 bits per heavy atom. The highest BCUT2D eigenvalue weighted by Crippen LogP contribution is 2.14. The molecule has 4 nitrogen and oxygen atoms in total. The molecular weight excluding hydrogens is 214 g/mol. The van der Waals surface area contributed by atoms with Gasteiger partial charge in [-0.25, -0.2) is 0 Å². The molecule has 0 bridgehead atoms. The van der Waals surface area contributed by atoms with Gasteiger partial charge in [0.1, 0.15) is 0 Å². The number of carbonyl (C=O) groups is 1. The first-order valence-corrected chi connectivity index (χ1v) is 6.64. The summed E-state index contributed by atoms with van der Waals surface area (Å²) in [7, 11) is 0. The fraction of sp³-hybridized carbons (Fsp3) is 0.923. The zero-order valence-electron chi connectivity index (χ0n) is 11.9. The molecule has 0 unspecified atom stereocenters. The van der Waals surface area contributed by atoms with Crippen molar-refractivity contribution in [2.75, 3.05) is 32.7 Å². The summed E-state index contributed by atoms with van der Waals surface area (Å²) in [6.07, 6.45) is 2.16. The maximum absolute atomic E-state index is 11.7. The molecule has 0 radical (unpaired) electrons. The van der Waals surface area contributed by atoms with Crippen LogP contribution in [0.5, 0.6) is 0 Å². The number of hydrogen-bond donors (Lipinski definition) is 2. The normalized spacial score (nSPS) is 11.9. The zero-order chi connectivity index (χ0) is 13.3. The van der Waals surface area contributed by atoms with Gasteiger partial charge >= 0.3 is 0 Å². The second kappa shape index (κ2) is 8.48. The number of rotatable bonds is 9. The van der Waals surface area contributed by atoms with Gasteiger partial charge in [0.05, 0.1) is 6.54 Å². The maximum Gasteiger partial charge on any atom is 0.234 e. The summed E-state index contributed by atoms with van der Waals surface area (Å²) >= 11 is 0. The van der Waals surface area contributed by atoms with Gasteiger partial charge in [-0.05, 0) is 24.9 Å². The lowest BCUT2D eigenvalue weighted by Crippen LogP contribution is -2.43. The van der Waals surface area contributed by atoms with E-state index < -0.39 is 0 Å². The highest BCUT2D eigenvalue weighted by atomic mass is 16.2. The molecule has 102 valence electrons. The van der Waals surface area contributed by atoms with Crippen LogP contribution < -0.4 is 11.1 Å². The van der Waals surface area contributed by atoms with Gasteiger partial charge in [-0.2, -0.15) is 0 Å². The van der Waals surface area contributed by atoms with Crippen molar-refractivity contribution in [3.8, 4) is 0 Å². The van der Waals surface area contributed by atoms with Crippen LogP contribution in [0.4, 0.5) is 0 Å². The monoisotopic (exact) mass is 243 g/mol. The fourth-order valence-corrected chi connectivity index (χ4v) is 1.61. The third-order valence-electron chi connectivity index (χ3n) is 2.87. The van der Waals surface area contributed by atoms with E-state index in [4.69, 9.17) is 5.73 Å². The Kier molecular flexibility index (Phi) is 8.17. The quantitative estimate of drug-likeness (QED) is 0.598. The second-order valence-corrected chi connectivity index (χ2v) is 5.38. The molecule has 0 aliphatic heterocycles. The number of nitrogens with one attached hydrogen (secondary N) is 1. The summed E-state index contributed by atoms with van der Waals surface area (Å²) in [5, 5.41) is 2.94. The van der Waals surface area contributed by atoms with Crippen LogP contribution in [0.1, 0.15) is 40.5 Å². The van der Waals surface area contributed by atoms with Crippen molar-refractivity contribution in [3.05, 3.63) is 0 Å². The third-order valence-corrected chi connectivity index (χ3v) is 2.87. The predicted octanol–water partition coefficient (Wildman–Crippen LogP) is 1.21. The number of nitrogens with zero attached hydrogens (tertiary/aromatic N) is 1. The molecule has 0 aliphatic carbocycles. The highest BCUT2D eigenvalue weighted by Gasteiger charge is 2.20. The van der Waals surface area contributed by atoms with Crippen LogP contribution in [0.3, 0.4) is 0 Å². The van der Waals surface area contributed by atoms with Crippen LogP contribution in [-0.4, -0.2) is 43.5 Å². The third kappa shape index (κ3) is 8.16. The molecule has 17 heavy (non-hydrogen) atoms. The van der Waals surface area contributed by atoms with E-state index in [0.29, 0.717) is 13.1 Å². The summed E-state index contributed by atoms with van der Waals surface area (Å²) in [6, 6.07) is 0. The Morgan fingerprint density at radius 2 is 2.00 bits per heavy atom. The molecular formula is C13H29N3O. The van der Waals surface area contributed by atoms with Crippen molar-refractivity contribution in [3.63, 3.8) is 0 Å². The first-order chi connectivity index (χ1) is 7.95. The molecule has 1 amide bonds. The standard InChI is InChI=1S/C13H29N3O/c1-5-7-8-15-12(17)9-16(6-2)11-13(3,4)10-14/h5-11,14H2,1-4H3,(H,15,17). The molecule has 0 spiro atoms. The largest absolute Gasteiger partial charge is 0.355 e. The molecule has 0 aromatic carbocycles. The van der Waals surface area contributed by atoms with Crippen LogP contribution in [0.2, 0.25) is 0 Å². The van der Waals surface area contributed by atoms with Crippen molar-refractivity contribution < 1.29 is 4.79 Å². The molecule has 0 fully saturated rings.